The van der Waals surface area contributed by atoms with Gasteiger partial charge in [-0.05, 0) is 30.9 Å². The fourth-order valence-corrected chi connectivity index (χ4v) is 2.23. The van der Waals surface area contributed by atoms with Crippen molar-refractivity contribution in [3.8, 4) is 6.07 Å². The van der Waals surface area contributed by atoms with Crippen molar-refractivity contribution in [2.45, 2.75) is 19.8 Å². The molecule has 2 heterocycles. The first-order chi connectivity index (χ1) is 7.70. The Morgan fingerprint density at radius 1 is 1.56 bits per heavy atom. The van der Waals surface area contributed by atoms with E-state index >= 15 is 0 Å². The summed E-state index contributed by atoms with van der Waals surface area (Å²) in [4.78, 5) is 6.51. The minimum Gasteiger partial charge on any atom is -0.356 e. The molecule has 0 saturated carbocycles. The van der Waals surface area contributed by atoms with Gasteiger partial charge < -0.3 is 4.90 Å². The van der Waals surface area contributed by atoms with E-state index < -0.39 is 0 Å². The standard InChI is InChI=1S/C12H14ClN3/c1-9-3-2-6-16(8-9)12-5-4-10(13)11(7-14)15-12/h4-5,9H,2-3,6,8H2,1H3. The van der Waals surface area contributed by atoms with Crippen molar-refractivity contribution in [3.63, 3.8) is 0 Å². The van der Waals surface area contributed by atoms with Crippen molar-refractivity contribution in [1.82, 2.24) is 4.98 Å². The molecule has 1 fully saturated rings. The molecule has 3 nitrogen and oxygen atoms in total. The fourth-order valence-electron chi connectivity index (χ4n) is 2.08. The van der Waals surface area contributed by atoms with Crippen LogP contribution in [-0.2, 0) is 0 Å². The molecule has 4 heteroatoms. The highest BCUT2D eigenvalue weighted by molar-refractivity contribution is 6.31. The zero-order valence-electron chi connectivity index (χ0n) is 9.28. The Kier molecular flexibility index (Phi) is 3.31. The highest BCUT2D eigenvalue weighted by atomic mass is 35.5. The number of pyridine rings is 1. The first-order valence-electron chi connectivity index (χ1n) is 5.52. The summed E-state index contributed by atoms with van der Waals surface area (Å²) in [5, 5.41) is 9.30. The van der Waals surface area contributed by atoms with E-state index in [-0.39, 0.29) is 0 Å². The number of nitrogens with zero attached hydrogens (tertiary/aromatic N) is 3. The van der Waals surface area contributed by atoms with E-state index in [0.717, 1.165) is 18.9 Å². The van der Waals surface area contributed by atoms with Gasteiger partial charge in [0.2, 0.25) is 0 Å². The lowest BCUT2D eigenvalue weighted by atomic mass is 10.0. The number of hydrogen-bond donors (Lipinski definition) is 0. The van der Waals surface area contributed by atoms with Gasteiger partial charge in [-0.15, -0.1) is 0 Å². The van der Waals surface area contributed by atoms with Gasteiger partial charge in [-0.2, -0.15) is 5.26 Å². The van der Waals surface area contributed by atoms with Crippen LogP contribution >= 0.6 is 11.6 Å². The third-order valence-corrected chi connectivity index (χ3v) is 3.22. The minimum absolute atomic E-state index is 0.317. The van der Waals surface area contributed by atoms with Gasteiger partial charge in [0, 0.05) is 13.1 Å². The first-order valence-corrected chi connectivity index (χ1v) is 5.90. The molecular formula is C12H14ClN3. The van der Waals surface area contributed by atoms with E-state index in [1.165, 1.54) is 12.8 Å². The third kappa shape index (κ3) is 2.28. The predicted octanol–water partition coefficient (Wildman–Crippen LogP) is 2.84. The second kappa shape index (κ2) is 4.71. The number of aromatic nitrogens is 1. The molecule has 0 N–H and O–H groups in total. The van der Waals surface area contributed by atoms with Crippen molar-refractivity contribution in [3.05, 3.63) is 22.8 Å². The lowest BCUT2D eigenvalue weighted by Gasteiger charge is -2.31. The van der Waals surface area contributed by atoms with Crippen LogP contribution in [0, 0.1) is 17.2 Å². The van der Waals surface area contributed by atoms with E-state index in [1.807, 2.05) is 12.1 Å². The van der Waals surface area contributed by atoms with Gasteiger partial charge in [0.1, 0.15) is 11.9 Å². The summed E-state index contributed by atoms with van der Waals surface area (Å²) in [6.07, 6.45) is 2.46. The number of hydrogen-bond acceptors (Lipinski definition) is 3. The molecule has 2 rings (SSSR count). The van der Waals surface area contributed by atoms with Gasteiger partial charge in [-0.3, -0.25) is 0 Å². The normalized spacial score (nSPS) is 20.6. The lowest BCUT2D eigenvalue weighted by molar-refractivity contribution is 0.444. The van der Waals surface area contributed by atoms with Crippen LogP contribution in [-0.4, -0.2) is 18.1 Å². The molecule has 1 saturated heterocycles. The molecule has 0 aromatic carbocycles. The van der Waals surface area contributed by atoms with Crippen molar-refractivity contribution >= 4 is 17.4 Å². The van der Waals surface area contributed by atoms with E-state index in [9.17, 15) is 0 Å². The lowest BCUT2D eigenvalue weighted by Crippen LogP contribution is -2.34. The molecule has 1 atom stereocenters. The van der Waals surface area contributed by atoms with Gasteiger partial charge in [0.05, 0.1) is 5.02 Å². The number of rotatable bonds is 1. The molecule has 0 aliphatic carbocycles. The van der Waals surface area contributed by atoms with E-state index in [0.29, 0.717) is 16.6 Å². The van der Waals surface area contributed by atoms with Crippen LogP contribution in [0.4, 0.5) is 5.82 Å². The van der Waals surface area contributed by atoms with Gasteiger partial charge >= 0.3 is 0 Å². The van der Waals surface area contributed by atoms with Gasteiger partial charge in [-0.1, -0.05) is 18.5 Å². The number of nitriles is 1. The molecule has 1 aromatic heterocycles. The zero-order chi connectivity index (χ0) is 11.5. The van der Waals surface area contributed by atoms with Crippen LogP contribution in [0.5, 0.6) is 0 Å². The Morgan fingerprint density at radius 2 is 2.38 bits per heavy atom. The number of halogens is 1. The van der Waals surface area contributed by atoms with E-state index in [1.54, 1.807) is 6.07 Å². The molecule has 84 valence electrons. The molecule has 16 heavy (non-hydrogen) atoms. The summed E-state index contributed by atoms with van der Waals surface area (Å²) in [6.45, 7) is 4.27. The largest absolute Gasteiger partial charge is 0.356 e. The quantitative estimate of drug-likeness (QED) is 0.752. The van der Waals surface area contributed by atoms with Crippen molar-refractivity contribution < 1.29 is 0 Å². The molecule has 0 spiro atoms. The van der Waals surface area contributed by atoms with Crippen LogP contribution in [0.3, 0.4) is 0 Å². The molecular weight excluding hydrogens is 222 g/mol. The average molecular weight is 236 g/mol. The topological polar surface area (TPSA) is 39.9 Å². The third-order valence-electron chi connectivity index (χ3n) is 2.92. The van der Waals surface area contributed by atoms with E-state index in [4.69, 9.17) is 16.9 Å². The molecule has 1 aromatic rings. The van der Waals surface area contributed by atoms with E-state index in [2.05, 4.69) is 16.8 Å². The molecule has 1 aliphatic rings. The van der Waals surface area contributed by atoms with Gasteiger partial charge in [0.25, 0.3) is 0 Å². The van der Waals surface area contributed by atoms with Crippen LogP contribution < -0.4 is 4.90 Å². The smallest absolute Gasteiger partial charge is 0.161 e. The number of anilines is 1. The molecule has 1 unspecified atom stereocenters. The minimum atomic E-state index is 0.317. The summed E-state index contributed by atoms with van der Waals surface area (Å²) < 4.78 is 0. The second-order valence-electron chi connectivity index (χ2n) is 4.31. The Morgan fingerprint density at radius 3 is 3.06 bits per heavy atom. The summed E-state index contributed by atoms with van der Waals surface area (Å²) >= 11 is 5.86. The van der Waals surface area contributed by atoms with Crippen LogP contribution in [0.2, 0.25) is 5.02 Å². The Bertz CT molecular complexity index is 425. The maximum absolute atomic E-state index is 8.88. The maximum atomic E-state index is 8.88. The average Bonchev–Trinajstić information content (AvgIpc) is 2.29. The molecule has 0 amide bonds. The predicted molar refractivity (Wildman–Crippen MR) is 64.6 cm³/mol. The van der Waals surface area contributed by atoms with Crippen molar-refractivity contribution in [2.75, 3.05) is 18.0 Å². The maximum Gasteiger partial charge on any atom is 0.161 e. The van der Waals surface area contributed by atoms with Crippen LogP contribution in [0.15, 0.2) is 12.1 Å². The highest BCUT2D eigenvalue weighted by Crippen LogP contribution is 2.23. The summed E-state index contributed by atoms with van der Waals surface area (Å²) in [6, 6.07) is 5.66. The van der Waals surface area contributed by atoms with Crippen molar-refractivity contribution in [2.24, 2.45) is 5.92 Å². The van der Waals surface area contributed by atoms with Gasteiger partial charge in [0.15, 0.2) is 5.69 Å². The van der Waals surface area contributed by atoms with Crippen molar-refractivity contribution in [1.29, 1.82) is 5.26 Å². The SMILES string of the molecule is CC1CCCN(c2ccc(Cl)c(C#N)n2)C1. The molecule has 0 radical (unpaired) electrons. The number of piperidine rings is 1. The van der Waals surface area contributed by atoms with Crippen LogP contribution in [0.1, 0.15) is 25.5 Å². The highest BCUT2D eigenvalue weighted by Gasteiger charge is 2.18. The zero-order valence-corrected chi connectivity index (χ0v) is 10.0. The molecule has 0 bridgehead atoms. The Balaban J connectivity index is 2.24. The second-order valence-corrected chi connectivity index (χ2v) is 4.71. The monoisotopic (exact) mass is 235 g/mol. The van der Waals surface area contributed by atoms with Crippen LogP contribution in [0.25, 0.3) is 0 Å². The summed E-state index contributed by atoms with van der Waals surface area (Å²) in [7, 11) is 0. The Hall–Kier alpha value is -1.27. The summed E-state index contributed by atoms with van der Waals surface area (Å²) in [5.41, 5.74) is 0.317. The first kappa shape index (κ1) is 11.2. The summed E-state index contributed by atoms with van der Waals surface area (Å²) in [5.74, 6) is 1.56. The Labute approximate surface area is 101 Å². The molecule has 1 aliphatic heterocycles. The van der Waals surface area contributed by atoms with Gasteiger partial charge in [-0.25, -0.2) is 4.98 Å². The fraction of sp³-hybridized carbons (Fsp3) is 0.500.